The number of para-hydroxylation sites is 1. The SMILES string of the molecule is CCCNCc1coc(N(C)Cc2ccccc2OC)n1. The molecule has 114 valence electrons. The third kappa shape index (κ3) is 4.23. The van der Waals surface area contributed by atoms with E-state index in [-0.39, 0.29) is 0 Å². The average Bonchev–Trinajstić information content (AvgIpc) is 2.97. The fourth-order valence-electron chi connectivity index (χ4n) is 2.10. The molecule has 0 radical (unpaired) electrons. The maximum Gasteiger partial charge on any atom is 0.297 e. The van der Waals surface area contributed by atoms with Crippen molar-refractivity contribution in [1.82, 2.24) is 10.3 Å². The lowest BCUT2D eigenvalue weighted by molar-refractivity contribution is 0.409. The summed E-state index contributed by atoms with van der Waals surface area (Å²) in [5, 5.41) is 3.31. The molecule has 0 bridgehead atoms. The van der Waals surface area contributed by atoms with Crippen molar-refractivity contribution < 1.29 is 9.15 Å². The number of oxazole rings is 1. The van der Waals surface area contributed by atoms with E-state index in [9.17, 15) is 0 Å². The lowest BCUT2D eigenvalue weighted by Crippen LogP contribution is -2.18. The monoisotopic (exact) mass is 289 g/mol. The zero-order valence-electron chi connectivity index (χ0n) is 12.9. The van der Waals surface area contributed by atoms with Gasteiger partial charge in [-0.05, 0) is 19.0 Å². The predicted molar refractivity (Wildman–Crippen MR) is 83.6 cm³/mol. The lowest BCUT2D eigenvalue weighted by Gasteiger charge is -2.16. The molecule has 0 atom stereocenters. The molecule has 0 aliphatic heterocycles. The number of methoxy groups -OCH3 is 1. The second kappa shape index (κ2) is 7.69. The Balaban J connectivity index is 1.98. The Bertz CT molecular complexity index is 554. The van der Waals surface area contributed by atoms with Crippen molar-refractivity contribution >= 4 is 6.01 Å². The summed E-state index contributed by atoms with van der Waals surface area (Å²) in [4.78, 5) is 6.46. The lowest BCUT2D eigenvalue weighted by atomic mass is 10.2. The minimum Gasteiger partial charge on any atom is -0.496 e. The first kappa shape index (κ1) is 15.4. The molecule has 2 aromatic rings. The van der Waals surface area contributed by atoms with Gasteiger partial charge in [-0.3, -0.25) is 0 Å². The van der Waals surface area contributed by atoms with Gasteiger partial charge in [-0.2, -0.15) is 4.98 Å². The number of nitrogens with one attached hydrogen (secondary N) is 1. The number of rotatable bonds is 8. The van der Waals surface area contributed by atoms with Gasteiger partial charge in [-0.25, -0.2) is 0 Å². The standard InChI is InChI=1S/C16H23N3O2/c1-4-9-17-10-14-12-21-16(18-14)19(2)11-13-7-5-6-8-15(13)20-3/h5-8,12,17H,4,9-11H2,1-3H3. The smallest absolute Gasteiger partial charge is 0.297 e. The van der Waals surface area contributed by atoms with E-state index >= 15 is 0 Å². The molecular formula is C16H23N3O2. The maximum absolute atomic E-state index is 5.54. The van der Waals surface area contributed by atoms with Crippen LogP contribution in [-0.2, 0) is 13.1 Å². The van der Waals surface area contributed by atoms with Crippen molar-refractivity contribution in [3.8, 4) is 5.75 Å². The zero-order chi connectivity index (χ0) is 15.1. The minimum absolute atomic E-state index is 0.620. The summed E-state index contributed by atoms with van der Waals surface area (Å²) in [5.41, 5.74) is 2.02. The number of ether oxygens (including phenoxy) is 1. The predicted octanol–water partition coefficient (Wildman–Crippen LogP) is 2.82. The van der Waals surface area contributed by atoms with E-state index in [1.165, 1.54) is 0 Å². The largest absolute Gasteiger partial charge is 0.496 e. The van der Waals surface area contributed by atoms with Gasteiger partial charge in [-0.1, -0.05) is 25.1 Å². The first-order valence-corrected chi connectivity index (χ1v) is 7.22. The molecule has 21 heavy (non-hydrogen) atoms. The first-order valence-electron chi connectivity index (χ1n) is 7.22. The van der Waals surface area contributed by atoms with Crippen molar-refractivity contribution in [2.24, 2.45) is 0 Å². The van der Waals surface area contributed by atoms with E-state index in [1.807, 2.05) is 36.2 Å². The molecule has 1 N–H and O–H groups in total. The number of hydrogen-bond acceptors (Lipinski definition) is 5. The third-order valence-corrected chi connectivity index (χ3v) is 3.20. The molecule has 1 aromatic heterocycles. The van der Waals surface area contributed by atoms with Crippen molar-refractivity contribution in [1.29, 1.82) is 0 Å². The van der Waals surface area contributed by atoms with Crippen LogP contribution in [0.3, 0.4) is 0 Å². The molecule has 1 heterocycles. The number of anilines is 1. The second-order valence-corrected chi connectivity index (χ2v) is 4.97. The van der Waals surface area contributed by atoms with E-state index < -0.39 is 0 Å². The second-order valence-electron chi connectivity index (χ2n) is 4.97. The Labute approximate surface area is 125 Å². The van der Waals surface area contributed by atoms with Gasteiger partial charge >= 0.3 is 0 Å². The fraction of sp³-hybridized carbons (Fsp3) is 0.438. The molecular weight excluding hydrogens is 266 g/mol. The van der Waals surface area contributed by atoms with Gasteiger partial charge in [0, 0.05) is 19.2 Å². The normalized spacial score (nSPS) is 10.6. The molecule has 0 fully saturated rings. The highest BCUT2D eigenvalue weighted by Gasteiger charge is 2.11. The van der Waals surface area contributed by atoms with Crippen molar-refractivity contribution in [3.63, 3.8) is 0 Å². The number of nitrogens with zero attached hydrogens (tertiary/aromatic N) is 2. The minimum atomic E-state index is 0.620. The zero-order valence-corrected chi connectivity index (χ0v) is 12.9. The molecule has 5 heteroatoms. The van der Waals surface area contributed by atoms with Gasteiger partial charge in [0.15, 0.2) is 0 Å². The van der Waals surface area contributed by atoms with Crippen LogP contribution in [0.1, 0.15) is 24.6 Å². The summed E-state index contributed by atoms with van der Waals surface area (Å²) in [5.74, 6) is 0.876. The van der Waals surface area contributed by atoms with E-state index in [1.54, 1.807) is 13.4 Å². The van der Waals surface area contributed by atoms with Gasteiger partial charge in [0.25, 0.3) is 6.01 Å². The highest BCUT2D eigenvalue weighted by molar-refractivity contribution is 5.37. The summed E-state index contributed by atoms with van der Waals surface area (Å²) >= 11 is 0. The van der Waals surface area contributed by atoms with Gasteiger partial charge < -0.3 is 19.4 Å². The van der Waals surface area contributed by atoms with Crippen molar-refractivity contribution in [2.45, 2.75) is 26.4 Å². The van der Waals surface area contributed by atoms with Crippen LogP contribution in [0.4, 0.5) is 6.01 Å². The maximum atomic E-state index is 5.54. The Hall–Kier alpha value is -2.01. The molecule has 0 spiro atoms. The summed E-state index contributed by atoms with van der Waals surface area (Å²) in [6.07, 6.45) is 2.81. The molecule has 1 aromatic carbocycles. The Morgan fingerprint density at radius 1 is 1.33 bits per heavy atom. The molecule has 0 amide bonds. The van der Waals surface area contributed by atoms with Crippen LogP contribution in [-0.4, -0.2) is 25.7 Å². The number of benzene rings is 1. The first-order chi connectivity index (χ1) is 10.2. The molecule has 2 rings (SSSR count). The summed E-state index contributed by atoms with van der Waals surface area (Å²) in [6.45, 7) is 4.55. The van der Waals surface area contributed by atoms with Gasteiger partial charge in [0.2, 0.25) is 0 Å². The highest BCUT2D eigenvalue weighted by atomic mass is 16.5. The molecule has 0 saturated carbocycles. The summed E-state index contributed by atoms with van der Waals surface area (Å²) < 4.78 is 10.9. The summed E-state index contributed by atoms with van der Waals surface area (Å²) in [6, 6.07) is 8.59. The van der Waals surface area contributed by atoms with Crippen molar-refractivity contribution in [2.75, 3.05) is 25.6 Å². The Kier molecular flexibility index (Phi) is 5.63. The van der Waals surface area contributed by atoms with Crippen molar-refractivity contribution in [3.05, 3.63) is 41.8 Å². The van der Waals surface area contributed by atoms with E-state index in [2.05, 4.69) is 17.2 Å². The van der Waals surface area contributed by atoms with E-state index in [4.69, 9.17) is 9.15 Å². The van der Waals surface area contributed by atoms with Crippen LogP contribution in [0.5, 0.6) is 5.75 Å². The van der Waals surface area contributed by atoms with Crippen LogP contribution >= 0.6 is 0 Å². The van der Waals surface area contributed by atoms with E-state index in [0.29, 0.717) is 12.6 Å². The van der Waals surface area contributed by atoms with Crippen LogP contribution < -0.4 is 15.0 Å². The highest BCUT2D eigenvalue weighted by Crippen LogP contribution is 2.21. The van der Waals surface area contributed by atoms with Gasteiger partial charge in [-0.15, -0.1) is 0 Å². The topological polar surface area (TPSA) is 50.5 Å². The Morgan fingerprint density at radius 3 is 2.90 bits per heavy atom. The Morgan fingerprint density at radius 2 is 2.14 bits per heavy atom. The molecule has 0 saturated heterocycles. The van der Waals surface area contributed by atoms with Crippen LogP contribution in [0.25, 0.3) is 0 Å². The molecule has 0 aliphatic carbocycles. The quantitative estimate of drug-likeness (QED) is 0.757. The van der Waals surface area contributed by atoms with Crippen LogP contribution in [0.2, 0.25) is 0 Å². The molecule has 5 nitrogen and oxygen atoms in total. The van der Waals surface area contributed by atoms with E-state index in [0.717, 1.165) is 36.5 Å². The summed E-state index contributed by atoms with van der Waals surface area (Å²) in [7, 11) is 3.64. The van der Waals surface area contributed by atoms with Crippen LogP contribution in [0, 0.1) is 0 Å². The fourth-order valence-corrected chi connectivity index (χ4v) is 2.10. The number of hydrogen-bond donors (Lipinski definition) is 1. The van der Waals surface area contributed by atoms with Crippen LogP contribution in [0.15, 0.2) is 34.9 Å². The third-order valence-electron chi connectivity index (χ3n) is 3.20. The average molecular weight is 289 g/mol. The molecule has 0 aliphatic rings. The van der Waals surface area contributed by atoms with Gasteiger partial charge in [0.05, 0.1) is 19.3 Å². The number of aromatic nitrogens is 1. The molecule has 0 unspecified atom stereocenters. The van der Waals surface area contributed by atoms with Gasteiger partial charge in [0.1, 0.15) is 12.0 Å².